The molecule has 0 aliphatic carbocycles. The molecular weight excluding hydrogens is 314 g/mol. The third-order valence-electron chi connectivity index (χ3n) is 4.29. The van der Waals surface area contributed by atoms with E-state index in [9.17, 15) is 0 Å². The molecule has 1 fully saturated rings. The molecule has 1 aliphatic rings. The van der Waals surface area contributed by atoms with E-state index in [4.69, 9.17) is 14.7 Å². The third-order valence-corrected chi connectivity index (χ3v) is 4.29. The van der Waals surface area contributed by atoms with E-state index in [2.05, 4.69) is 21.8 Å². The number of anilines is 1. The fourth-order valence-corrected chi connectivity index (χ4v) is 3.00. The predicted octanol–water partition coefficient (Wildman–Crippen LogP) is 2.75. The summed E-state index contributed by atoms with van der Waals surface area (Å²) in [5, 5.41) is 0. The molecule has 0 bridgehead atoms. The predicted molar refractivity (Wildman–Crippen MR) is 96.3 cm³/mol. The number of morpholine rings is 1. The molecule has 4 heterocycles. The summed E-state index contributed by atoms with van der Waals surface area (Å²) in [4.78, 5) is 20.4. The molecule has 6 nitrogen and oxygen atoms in total. The van der Waals surface area contributed by atoms with Crippen molar-refractivity contribution in [1.82, 2.24) is 19.9 Å². The number of hydrogen-bond acceptors (Lipinski definition) is 6. The molecule has 0 aromatic carbocycles. The quantitative estimate of drug-likeness (QED) is 0.734. The van der Waals surface area contributed by atoms with Gasteiger partial charge in [0.15, 0.2) is 5.82 Å². The Labute approximate surface area is 146 Å². The standard InChI is InChI=1S/C19H19N5O/c1-14-17(15-4-2-6-20-12-15)22-18(16-5-3-7-21-13-16)23-19(14)24-8-10-25-11-9-24/h2-7,12-13H,8-11H2,1H3. The molecule has 0 radical (unpaired) electrons. The Morgan fingerprint density at radius 2 is 1.60 bits per heavy atom. The monoisotopic (exact) mass is 333 g/mol. The lowest BCUT2D eigenvalue weighted by atomic mass is 10.1. The van der Waals surface area contributed by atoms with E-state index >= 15 is 0 Å². The first-order chi connectivity index (χ1) is 12.3. The van der Waals surface area contributed by atoms with Gasteiger partial charge in [0.1, 0.15) is 5.82 Å². The minimum Gasteiger partial charge on any atom is -0.378 e. The van der Waals surface area contributed by atoms with Crippen LogP contribution in [0.5, 0.6) is 0 Å². The first-order valence-corrected chi connectivity index (χ1v) is 8.35. The molecule has 0 N–H and O–H groups in total. The van der Waals surface area contributed by atoms with Crippen molar-refractivity contribution >= 4 is 5.82 Å². The Morgan fingerprint density at radius 3 is 2.24 bits per heavy atom. The molecule has 25 heavy (non-hydrogen) atoms. The molecule has 0 atom stereocenters. The Kier molecular flexibility index (Phi) is 4.35. The van der Waals surface area contributed by atoms with Crippen LogP contribution in [0.25, 0.3) is 22.6 Å². The van der Waals surface area contributed by atoms with Crippen LogP contribution in [-0.4, -0.2) is 46.2 Å². The van der Waals surface area contributed by atoms with Crippen LogP contribution >= 0.6 is 0 Å². The summed E-state index contributed by atoms with van der Waals surface area (Å²) >= 11 is 0. The van der Waals surface area contributed by atoms with Gasteiger partial charge < -0.3 is 9.64 Å². The molecule has 6 heteroatoms. The van der Waals surface area contributed by atoms with Gasteiger partial charge in [-0.25, -0.2) is 9.97 Å². The average molecular weight is 333 g/mol. The normalized spacial score (nSPS) is 14.5. The molecule has 1 aliphatic heterocycles. The van der Waals surface area contributed by atoms with Gasteiger partial charge in [0.25, 0.3) is 0 Å². The van der Waals surface area contributed by atoms with Crippen molar-refractivity contribution in [3.63, 3.8) is 0 Å². The van der Waals surface area contributed by atoms with Gasteiger partial charge in [-0.05, 0) is 31.2 Å². The fraction of sp³-hybridized carbons (Fsp3) is 0.263. The highest BCUT2D eigenvalue weighted by Gasteiger charge is 2.20. The summed E-state index contributed by atoms with van der Waals surface area (Å²) in [5.74, 6) is 1.63. The van der Waals surface area contributed by atoms with E-state index < -0.39 is 0 Å². The highest BCUT2D eigenvalue weighted by molar-refractivity contribution is 5.71. The summed E-state index contributed by atoms with van der Waals surface area (Å²) < 4.78 is 5.49. The van der Waals surface area contributed by atoms with Crippen LogP contribution < -0.4 is 4.90 Å². The van der Waals surface area contributed by atoms with E-state index in [1.165, 1.54) is 0 Å². The smallest absolute Gasteiger partial charge is 0.163 e. The maximum atomic E-state index is 5.49. The molecule has 3 aromatic heterocycles. The van der Waals surface area contributed by atoms with Crippen LogP contribution in [0.1, 0.15) is 5.56 Å². The Balaban J connectivity index is 1.88. The minimum absolute atomic E-state index is 0.680. The summed E-state index contributed by atoms with van der Waals surface area (Å²) in [6.07, 6.45) is 7.15. The van der Waals surface area contributed by atoms with Crippen LogP contribution in [-0.2, 0) is 4.74 Å². The van der Waals surface area contributed by atoms with E-state index in [1.54, 1.807) is 18.6 Å². The van der Waals surface area contributed by atoms with Gasteiger partial charge in [-0.15, -0.1) is 0 Å². The zero-order valence-electron chi connectivity index (χ0n) is 14.1. The summed E-state index contributed by atoms with van der Waals surface area (Å²) in [5.41, 5.74) is 3.86. The first kappa shape index (κ1) is 15.7. The molecule has 0 amide bonds. The largest absolute Gasteiger partial charge is 0.378 e. The van der Waals surface area contributed by atoms with Gasteiger partial charge >= 0.3 is 0 Å². The highest BCUT2D eigenvalue weighted by Crippen LogP contribution is 2.30. The zero-order valence-corrected chi connectivity index (χ0v) is 14.1. The molecule has 0 spiro atoms. The highest BCUT2D eigenvalue weighted by atomic mass is 16.5. The lowest BCUT2D eigenvalue weighted by molar-refractivity contribution is 0.122. The molecule has 0 saturated carbocycles. The second kappa shape index (κ2) is 6.94. The van der Waals surface area contributed by atoms with Crippen molar-refractivity contribution in [3.05, 3.63) is 54.6 Å². The Hall–Kier alpha value is -2.86. The number of nitrogens with zero attached hydrogens (tertiary/aromatic N) is 5. The van der Waals surface area contributed by atoms with Gasteiger partial charge in [-0.1, -0.05) is 0 Å². The van der Waals surface area contributed by atoms with Crippen molar-refractivity contribution < 1.29 is 4.74 Å². The second-order valence-electron chi connectivity index (χ2n) is 5.93. The Bertz CT molecular complexity index is 848. The van der Waals surface area contributed by atoms with Gasteiger partial charge in [0, 0.05) is 54.6 Å². The van der Waals surface area contributed by atoms with Crippen molar-refractivity contribution in [3.8, 4) is 22.6 Å². The minimum atomic E-state index is 0.680. The SMILES string of the molecule is Cc1c(-c2cccnc2)nc(-c2cccnc2)nc1N1CCOCC1. The summed E-state index contributed by atoms with van der Waals surface area (Å²) in [6, 6.07) is 7.83. The number of rotatable bonds is 3. The van der Waals surface area contributed by atoms with Crippen LogP contribution in [0.2, 0.25) is 0 Å². The fourth-order valence-electron chi connectivity index (χ4n) is 3.00. The van der Waals surface area contributed by atoms with Crippen molar-refractivity contribution in [2.45, 2.75) is 6.92 Å². The molecule has 4 rings (SSSR count). The first-order valence-electron chi connectivity index (χ1n) is 8.35. The van der Waals surface area contributed by atoms with E-state index in [-0.39, 0.29) is 0 Å². The lowest BCUT2D eigenvalue weighted by Gasteiger charge is -2.29. The maximum Gasteiger partial charge on any atom is 0.163 e. The zero-order chi connectivity index (χ0) is 17.1. The molecule has 3 aromatic rings. The molecular formula is C19H19N5O. The number of hydrogen-bond donors (Lipinski definition) is 0. The lowest BCUT2D eigenvalue weighted by Crippen LogP contribution is -2.37. The summed E-state index contributed by atoms with van der Waals surface area (Å²) in [7, 11) is 0. The number of pyridine rings is 2. The van der Waals surface area contributed by atoms with E-state index in [0.29, 0.717) is 19.0 Å². The molecule has 1 saturated heterocycles. The number of ether oxygens (including phenoxy) is 1. The topological polar surface area (TPSA) is 64.0 Å². The van der Waals surface area contributed by atoms with Crippen LogP contribution in [0.4, 0.5) is 5.82 Å². The average Bonchev–Trinajstić information content (AvgIpc) is 2.70. The van der Waals surface area contributed by atoms with Crippen LogP contribution in [0, 0.1) is 6.92 Å². The van der Waals surface area contributed by atoms with E-state index in [0.717, 1.165) is 41.3 Å². The van der Waals surface area contributed by atoms with Gasteiger partial charge in [-0.2, -0.15) is 0 Å². The number of aromatic nitrogens is 4. The second-order valence-corrected chi connectivity index (χ2v) is 5.93. The summed E-state index contributed by atoms with van der Waals surface area (Å²) in [6.45, 7) is 5.16. The Morgan fingerprint density at radius 1 is 0.920 bits per heavy atom. The maximum absolute atomic E-state index is 5.49. The molecule has 126 valence electrons. The van der Waals surface area contributed by atoms with Crippen LogP contribution in [0.3, 0.4) is 0 Å². The van der Waals surface area contributed by atoms with Gasteiger partial charge in [0.2, 0.25) is 0 Å². The third kappa shape index (κ3) is 3.21. The van der Waals surface area contributed by atoms with Gasteiger partial charge in [0.05, 0.1) is 18.9 Å². The van der Waals surface area contributed by atoms with Crippen LogP contribution in [0.15, 0.2) is 49.1 Å². The van der Waals surface area contributed by atoms with Gasteiger partial charge in [-0.3, -0.25) is 9.97 Å². The van der Waals surface area contributed by atoms with Crippen molar-refractivity contribution in [2.75, 3.05) is 31.2 Å². The van der Waals surface area contributed by atoms with Crippen molar-refractivity contribution in [2.24, 2.45) is 0 Å². The van der Waals surface area contributed by atoms with Crippen molar-refractivity contribution in [1.29, 1.82) is 0 Å². The van der Waals surface area contributed by atoms with E-state index in [1.807, 2.05) is 30.5 Å². The molecule has 0 unspecified atom stereocenters.